The maximum Gasteiger partial charge on any atom is 0.239 e. The standard InChI is InChI=1S/C18H36N4O2/c1-5-21(6-2)11-7-10-20-17(23)15-8-12-22(13-9-15)18(24)16(19)14(3)4/h14-16H,5-13,19H2,1-4H3,(H,20,23)/t16-/m0/s1. The van der Waals surface area contributed by atoms with Gasteiger partial charge in [-0.2, -0.15) is 0 Å². The maximum absolute atomic E-state index is 12.2. The van der Waals surface area contributed by atoms with Gasteiger partial charge in [-0.1, -0.05) is 27.7 Å². The first-order valence-electron chi connectivity index (χ1n) is 9.45. The number of carbonyl (C=O) groups is 2. The summed E-state index contributed by atoms with van der Waals surface area (Å²) in [5.41, 5.74) is 5.94. The van der Waals surface area contributed by atoms with Crippen LogP contribution < -0.4 is 11.1 Å². The second-order valence-corrected chi connectivity index (χ2v) is 7.04. The molecule has 1 rings (SSSR count). The molecule has 1 saturated heterocycles. The van der Waals surface area contributed by atoms with E-state index in [0.717, 1.165) is 45.4 Å². The smallest absolute Gasteiger partial charge is 0.239 e. The fraction of sp³-hybridized carbons (Fsp3) is 0.889. The lowest BCUT2D eigenvalue weighted by Gasteiger charge is -2.33. The molecule has 1 aliphatic rings. The number of hydrogen-bond acceptors (Lipinski definition) is 4. The molecule has 0 bridgehead atoms. The molecule has 0 aromatic rings. The highest BCUT2D eigenvalue weighted by molar-refractivity contribution is 5.83. The number of nitrogens with two attached hydrogens (primary N) is 1. The average molecular weight is 341 g/mol. The summed E-state index contributed by atoms with van der Waals surface area (Å²) < 4.78 is 0. The SMILES string of the molecule is CCN(CC)CCCNC(=O)C1CCN(C(=O)[C@@H](N)C(C)C)CC1. The number of piperidine rings is 1. The van der Waals surface area contributed by atoms with E-state index in [1.165, 1.54) is 0 Å². The third kappa shape index (κ3) is 6.40. The van der Waals surface area contributed by atoms with Crippen LogP contribution in [0.2, 0.25) is 0 Å². The summed E-state index contributed by atoms with van der Waals surface area (Å²) in [5.74, 6) is 0.319. The normalized spacial score (nSPS) is 17.4. The van der Waals surface area contributed by atoms with Crippen LogP contribution in [-0.4, -0.2) is 66.9 Å². The summed E-state index contributed by atoms with van der Waals surface area (Å²) in [6.45, 7) is 13.4. The number of amides is 2. The Labute approximate surface area is 147 Å². The molecule has 140 valence electrons. The van der Waals surface area contributed by atoms with E-state index in [4.69, 9.17) is 5.73 Å². The summed E-state index contributed by atoms with van der Waals surface area (Å²) in [7, 11) is 0. The zero-order chi connectivity index (χ0) is 18.1. The Kier molecular flexibility index (Phi) is 9.29. The first-order chi connectivity index (χ1) is 11.4. The highest BCUT2D eigenvalue weighted by Gasteiger charge is 2.30. The Morgan fingerprint density at radius 3 is 2.29 bits per heavy atom. The molecule has 1 aliphatic heterocycles. The van der Waals surface area contributed by atoms with Gasteiger partial charge in [0.05, 0.1) is 6.04 Å². The molecule has 0 aromatic heterocycles. The summed E-state index contributed by atoms with van der Waals surface area (Å²) in [5, 5.41) is 3.05. The molecule has 24 heavy (non-hydrogen) atoms. The molecule has 2 amide bonds. The number of rotatable bonds is 9. The number of likely N-dealkylation sites (tertiary alicyclic amines) is 1. The van der Waals surface area contributed by atoms with Gasteiger partial charge in [0.1, 0.15) is 0 Å². The summed E-state index contributed by atoms with van der Waals surface area (Å²) >= 11 is 0. The van der Waals surface area contributed by atoms with Crippen molar-refractivity contribution < 1.29 is 9.59 Å². The van der Waals surface area contributed by atoms with Crippen molar-refractivity contribution in [2.24, 2.45) is 17.6 Å². The van der Waals surface area contributed by atoms with Crippen LogP contribution >= 0.6 is 0 Å². The molecule has 6 heteroatoms. The Hall–Kier alpha value is -1.14. The lowest BCUT2D eigenvalue weighted by Crippen LogP contribution is -2.50. The molecular formula is C18H36N4O2. The first-order valence-corrected chi connectivity index (χ1v) is 9.45. The lowest BCUT2D eigenvalue weighted by atomic mass is 9.94. The third-order valence-electron chi connectivity index (χ3n) is 5.03. The van der Waals surface area contributed by atoms with E-state index in [-0.39, 0.29) is 23.7 Å². The van der Waals surface area contributed by atoms with Crippen LogP contribution in [0, 0.1) is 11.8 Å². The summed E-state index contributed by atoms with van der Waals surface area (Å²) in [4.78, 5) is 28.7. The highest BCUT2D eigenvalue weighted by atomic mass is 16.2. The average Bonchev–Trinajstić information content (AvgIpc) is 2.60. The Bertz CT molecular complexity index is 388. The van der Waals surface area contributed by atoms with Gasteiger partial charge >= 0.3 is 0 Å². The van der Waals surface area contributed by atoms with Crippen molar-refractivity contribution in [2.45, 2.75) is 53.0 Å². The fourth-order valence-electron chi connectivity index (χ4n) is 3.06. The molecular weight excluding hydrogens is 304 g/mol. The number of nitrogens with zero attached hydrogens (tertiary/aromatic N) is 2. The number of carbonyl (C=O) groups excluding carboxylic acids is 2. The second kappa shape index (κ2) is 10.7. The first kappa shape index (κ1) is 20.9. The Balaban J connectivity index is 2.27. The van der Waals surface area contributed by atoms with Crippen LogP contribution in [0.1, 0.15) is 47.0 Å². The minimum Gasteiger partial charge on any atom is -0.356 e. The van der Waals surface area contributed by atoms with E-state index in [2.05, 4.69) is 24.1 Å². The molecule has 1 heterocycles. The Morgan fingerprint density at radius 2 is 1.79 bits per heavy atom. The van der Waals surface area contributed by atoms with Gasteiger partial charge < -0.3 is 20.9 Å². The van der Waals surface area contributed by atoms with Crippen LogP contribution in [0.25, 0.3) is 0 Å². The van der Waals surface area contributed by atoms with Crippen molar-refractivity contribution in [1.29, 1.82) is 0 Å². The van der Waals surface area contributed by atoms with Crippen LogP contribution in [-0.2, 0) is 9.59 Å². The second-order valence-electron chi connectivity index (χ2n) is 7.04. The summed E-state index contributed by atoms with van der Waals surface area (Å²) in [6, 6.07) is -0.435. The molecule has 6 nitrogen and oxygen atoms in total. The zero-order valence-corrected chi connectivity index (χ0v) is 15.9. The minimum absolute atomic E-state index is 0.0167. The van der Waals surface area contributed by atoms with Crippen LogP contribution in [0.15, 0.2) is 0 Å². The summed E-state index contributed by atoms with van der Waals surface area (Å²) in [6.07, 6.45) is 2.45. The molecule has 0 saturated carbocycles. The quantitative estimate of drug-likeness (QED) is 0.615. The van der Waals surface area contributed by atoms with E-state index < -0.39 is 6.04 Å². The van der Waals surface area contributed by atoms with Crippen LogP contribution in [0.5, 0.6) is 0 Å². The van der Waals surface area contributed by atoms with E-state index in [0.29, 0.717) is 13.1 Å². The van der Waals surface area contributed by atoms with Gasteiger partial charge in [0.25, 0.3) is 0 Å². The van der Waals surface area contributed by atoms with Crippen molar-refractivity contribution in [3.63, 3.8) is 0 Å². The minimum atomic E-state index is -0.435. The van der Waals surface area contributed by atoms with Crippen LogP contribution in [0.3, 0.4) is 0 Å². The largest absolute Gasteiger partial charge is 0.356 e. The van der Waals surface area contributed by atoms with Gasteiger partial charge in [-0.3, -0.25) is 9.59 Å². The third-order valence-corrected chi connectivity index (χ3v) is 5.03. The van der Waals surface area contributed by atoms with Gasteiger partial charge in [-0.05, 0) is 44.8 Å². The topological polar surface area (TPSA) is 78.7 Å². The molecule has 0 spiro atoms. The molecule has 0 unspecified atom stereocenters. The number of hydrogen-bond donors (Lipinski definition) is 2. The zero-order valence-electron chi connectivity index (χ0n) is 15.9. The number of nitrogens with one attached hydrogen (secondary N) is 1. The van der Waals surface area contributed by atoms with E-state index in [1.54, 1.807) is 0 Å². The van der Waals surface area contributed by atoms with Crippen LogP contribution in [0.4, 0.5) is 0 Å². The van der Waals surface area contributed by atoms with Gasteiger partial charge in [-0.25, -0.2) is 0 Å². The Morgan fingerprint density at radius 1 is 1.21 bits per heavy atom. The van der Waals surface area contributed by atoms with E-state index in [1.807, 2.05) is 18.7 Å². The van der Waals surface area contributed by atoms with Crippen molar-refractivity contribution in [3.05, 3.63) is 0 Å². The molecule has 1 fully saturated rings. The van der Waals surface area contributed by atoms with E-state index >= 15 is 0 Å². The van der Waals surface area contributed by atoms with E-state index in [9.17, 15) is 9.59 Å². The molecule has 3 N–H and O–H groups in total. The predicted octanol–water partition coefficient (Wildman–Crippen LogP) is 1.06. The monoisotopic (exact) mass is 340 g/mol. The van der Waals surface area contributed by atoms with Gasteiger partial charge in [0.2, 0.25) is 11.8 Å². The predicted molar refractivity (Wildman–Crippen MR) is 97.5 cm³/mol. The van der Waals surface area contributed by atoms with Crippen molar-refractivity contribution in [2.75, 3.05) is 39.3 Å². The van der Waals surface area contributed by atoms with Gasteiger partial charge in [0.15, 0.2) is 0 Å². The van der Waals surface area contributed by atoms with Crippen molar-refractivity contribution in [3.8, 4) is 0 Å². The maximum atomic E-state index is 12.2. The van der Waals surface area contributed by atoms with Crippen molar-refractivity contribution in [1.82, 2.24) is 15.1 Å². The highest BCUT2D eigenvalue weighted by Crippen LogP contribution is 2.18. The van der Waals surface area contributed by atoms with Crippen molar-refractivity contribution >= 4 is 11.8 Å². The molecule has 1 atom stereocenters. The van der Waals surface area contributed by atoms with Gasteiger partial charge in [-0.15, -0.1) is 0 Å². The lowest BCUT2D eigenvalue weighted by molar-refractivity contribution is -0.137. The van der Waals surface area contributed by atoms with Gasteiger partial charge in [0, 0.05) is 25.6 Å². The fourth-order valence-corrected chi connectivity index (χ4v) is 3.06. The molecule has 0 aliphatic carbocycles. The molecule has 0 radical (unpaired) electrons. The molecule has 0 aromatic carbocycles.